The fourth-order valence-electron chi connectivity index (χ4n) is 2.27. The Balaban J connectivity index is 2.28. The predicted octanol–water partition coefficient (Wildman–Crippen LogP) is 5.44. The van der Waals surface area contributed by atoms with Gasteiger partial charge in [-0.1, -0.05) is 47.7 Å². The Hall–Kier alpha value is -1.23. The first kappa shape index (κ1) is 15.2. The second kappa shape index (κ2) is 6.97. The quantitative estimate of drug-likeness (QED) is 0.551. The first-order chi connectivity index (χ1) is 9.65. The molecule has 1 unspecified atom stereocenters. The van der Waals surface area contributed by atoms with Gasteiger partial charge in [0.1, 0.15) is 5.75 Å². The van der Waals surface area contributed by atoms with Crippen molar-refractivity contribution in [2.24, 2.45) is 0 Å². The van der Waals surface area contributed by atoms with Crippen LogP contribution in [-0.4, -0.2) is 11.7 Å². The molecule has 1 atom stereocenters. The summed E-state index contributed by atoms with van der Waals surface area (Å²) in [6, 6.07) is 16.1. The van der Waals surface area contributed by atoms with Crippen LogP contribution >= 0.6 is 22.6 Å². The maximum absolute atomic E-state index is 9.63. The number of anilines is 2. The van der Waals surface area contributed by atoms with Crippen molar-refractivity contribution in [1.29, 1.82) is 0 Å². The zero-order chi connectivity index (χ0) is 14.5. The Morgan fingerprint density at radius 1 is 1.05 bits per heavy atom. The van der Waals surface area contributed by atoms with Crippen molar-refractivity contribution in [3.63, 3.8) is 0 Å². The molecule has 0 aliphatic rings. The van der Waals surface area contributed by atoms with Gasteiger partial charge in [-0.05, 0) is 43.2 Å². The predicted molar refractivity (Wildman–Crippen MR) is 94.3 cm³/mol. The number of aromatic hydroxyl groups is 1. The second-order valence-electron chi connectivity index (χ2n) is 4.73. The first-order valence-electron chi connectivity index (χ1n) is 6.96. The Morgan fingerprint density at radius 3 is 2.30 bits per heavy atom. The van der Waals surface area contributed by atoms with Crippen LogP contribution in [0.2, 0.25) is 0 Å². The molecule has 106 valence electrons. The minimum atomic E-state index is 0.302. The van der Waals surface area contributed by atoms with Crippen LogP contribution in [0.3, 0.4) is 0 Å². The molecule has 2 aromatic carbocycles. The third-order valence-electron chi connectivity index (χ3n) is 3.38. The molecule has 2 rings (SSSR count). The maximum atomic E-state index is 9.63. The van der Waals surface area contributed by atoms with E-state index in [0.29, 0.717) is 9.67 Å². The molecule has 0 saturated carbocycles. The van der Waals surface area contributed by atoms with Crippen LogP contribution in [0, 0.1) is 0 Å². The number of phenols is 1. The largest absolute Gasteiger partial charge is 0.508 e. The average molecular weight is 381 g/mol. The Bertz CT molecular complexity index is 553. The van der Waals surface area contributed by atoms with E-state index in [1.807, 2.05) is 12.1 Å². The fraction of sp³-hybridized carbons (Fsp3) is 0.294. The summed E-state index contributed by atoms with van der Waals surface area (Å²) in [6.45, 7) is 5.19. The molecule has 0 saturated heterocycles. The summed E-state index contributed by atoms with van der Waals surface area (Å²) < 4.78 is 0.567. The van der Waals surface area contributed by atoms with E-state index < -0.39 is 0 Å². The number of hydrogen-bond acceptors (Lipinski definition) is 2. The Labute approximate surface area is 134 Å². The van der Waals surface area contributed by atoms with Crippen molar-refractivity contribution in [2.75, 3.05) is 11.4 Å². The summed E-state index contributed by atoms with van der Waals surface area (Å²) in [4.78, 5) is 2.19. The van der Waals surface area contributed by atoms with Crippen molar-refractivity contribution in [2.45, 2.75) is 24.2 Å². The molecule has 1 N–H and O–H groups in total. The molecule has 2 aromatic rings. The molecule has 0 bridgehead atoms. The van der Waals surface area contributed by atoms with Gasteiger partial charge in [0.05, 0.1) is 0 Å². The van der Waals surface area contributed by atoms with Gasteiger partial charge in [0.25, 0.3) is 0 Å². The molecule has 0 radical (unpaired) electrons. The summed E-state index contributed by atoms with van der Waals surface area (Å²) in [5.74, 6) is 0.302. The second-order valence-corrected chi connectivity index (χ2v) is 6.24. The van der Waals surface area contributed by atoms with E-state index in [4.69, 9.17) is 0 Å². The summed E-state index contributed by atoms with van der Waals surface area (Å²) in [5.41, 5.74) is 3.53. The van der Waals surface area contributed by atoms with Crippen LogP contribution in [0.4, 0.5) is 11.4 Å². The first-order valence-corrected chi connectivity index (χ1v) is 8.20. The zero-order valence-corrected chi connectivity index (χ0v) is 14.0. The highest BCUT2D eigenvalue weighted by molar-refractivity contribution is 14.1. The van der Waals surface area contributed by atoms with E-state index in [1.165, 1.54) is 5.56 Å². The highest BCUT2D eigenvalue weighted by Gasteiger charge is 2.09. The highest BCUT2D eigenvalue weighted by atomic mass is 127. The summed E-state index contributed by atoms with van der Waals surface area (Å²) in [7, 11) is 0. The number of phenolic OH excluding ortho intramolecular Hbond substituents is 1. The number of alkyl halides is 1. The van der Waals surface area contributed by atoms with Crippen LogP contribution < -0.4 is 4.90 Å². The molecule has 0 fully saturated rings. The molecule has 0 aromatic heterocycles. The lowest BCUT2D eigenvalue weighted by atomic mass is 10.1. The molecular weight excluding hydrogens is 361 g/mol. The van der Waals surface area contributed by atoms with E-state index in [9.17, 15) is 5.11 Å². The van der Waals surface area contributed by atoms with Crippen LogP contribution in [0.1, 0.15) is 29.8 Å². The minimum Gasteiger partial charge on any atom is -0.508 e. The third-order valence-corrected chi connectivity index (χ3v) is 4.98. The van der Waals surface area contributed by atoms with E-state index in [2.05, 4.69) is 65.6 Å². The SMILES string of the molecule is CCC(I)c1ccc(N(CC)c2cccc(O)c2)cc1. The van der Waals surface area contributed by atoms with Gasteiger partial charge < -0.3 is 10.0 Å². The Morgan fingerprint density at radius 2 is 1.75 bits per heavy atom. The molecule has 0 amide bonds. The molecule has 0 heterocycles. The lowest BCUT2D eigenvalue weighted by Gasteiger charge is -2.24. The van der Waals surface area contributed by atoms with Crippen LogP contribution in [-0.2, 0) is 0 Å². The molecule has 0 aliphatic carbocycles. The number of benzene rings is 2. The van der Waals surface area contributed by atoms with Crippen LogP contribution in [0.5, 0.6) is 5.75 Å². The van der Waals surface area contributed by atoms with Gasteiger partial charge in [0.2, 0.25) is 0 Å². The van der Waals surface area contributed by atoms with E-state index >= 15 is 0 Å². The van der Waals surface area contributed by atoms with Gasteiger partial charge in [0, 0.05) is 27.9 Å². The summed E-state index contributed by atoms with van der Waals surface area (Å²) in [6.07, 6.45) is 1.14. The minimum absolute atomic E-state index is 0.302. The standard InChI is InChI=1S/C17H20INO/c1-3-17(18)13-8-10-14(11-9-13)19(4-2)15-6-5-7-16(20)12-15/h5-12,17,20H,3-4H2,1-2H3. The number of nitrogens with zero attached hydrogens (tertiary/aromatic N) is 1. The normalized spacial score (nSPS) is 12.2. The number of hydrogen-bond donors (Lipinski definition) is 1. The molecular formula is C17H20INO. The van der Waals surface area contributed by atoms with Crippen molar-refractivity contribution in [1.82, 2.24) is 0 Å². The highest BCUT2D eigenvalue weighted by Crippen LogP contribution is 2.31. The van der Waals surface area contributed by atoms with E-state index in [0.717, 1.165) is 24.3 Å². The summed E-state index contributed by atoms with van der Waals surface area (Å²) >= 11 is 2.48. The third kappa shape index (κ3) is 3.45. The number of rotatable bonds is 5. The van der Waals surface area contributed by atoms with Gasteiger partial charge in [0.15, 0.2) is 0 Å². The van der Waals surface area contributed by atoms with Crippen molar-refractivity contribution >= 4 is 34.0 Å². The van der Waals surface area contributed by atoms with Crippen LogP contribution in [0.15, 0.2) is 48.5 Å². The monoisotopic (exact) mass is 381 g/mol. The van der Waals surface area contributed by atoms with Gasteiger partial charge >= 0.3 is 0 Å². The van der Waals surface area contributed by atoms with Gasteiger partial charge in [-0.3, -0.25) is 0 Å². The van der Waals surface area contributed by atoms with E-state index in [-0.39, 0.29) is 0 Å². The average Bonchev–Trinajstić information content (AvgIpc) is 2.48. The zero-order valence-electron chi connectivity index (χ0n) is 11.9. The Kier molecular flexibility index (Phi) is 5.29. The van der Waals surface area contributed by atoms with Crippen molar-refractivity contribution in [3.8, 4) is 5.75 Å². The van der Waals surface area contributed by atoms with Gasteiger partial charge in [-0.2, -0.15) is 0 Å². The fourth-order valence-corrected chi connectivity index (χ4v) is 2.69. The smallest absolute Gasteiger partial charge is 0.117 e. The molecule has 0 spiro atoms. The molecule has 0 aliphatic heterocycles. The molecule has 2 nitrogen and oxygen atoms in total. The van der Waals surface area contributed by atoms with Crippen LogP contribution in [0.25, 0.3) is 0 Å². The lowest BCUT2D eigenvalue weighted by molar-refractivity contribution is 0.475. The van der Waals surface area contributed by atoms with Crippen molar-refractivity contribution < 1.29 is 5.11 Å². The molecule has 20 heavy (non-hydrogen) atoms. The van der Waals surface area contributed by atoms with Gasteiger partial charge in [-0.15, -0.1) is 0 Å². The van der Waals surface area contributed by atoms with Crippen molar-refractivity contribution in [3.05, 3.63) is 54.1 Å². The van der Waals surface area contributed by atoms with E-state index in [1.54, 1.807) is 12.1 Å². The summed E-state index contributed by atoms with van der Waals surface area (Å²) in [5, 5.41) is 9.63. The van der Waals surface area contributed by atoms with Gasteiger partial charge in [-0.25, -0.2) is 0 Å². The maximum Gasteiger partial charge on any atom is 0.117 e. The number of halogens is 1. The molecule has 3 heteroatoms. The lowest BCUT2D eigenvalue weighted by Crippen LogP contribution is -2.15. The topological polar surface area (TPSA) is 23.5 Å².